The van der Waals surface area contributed by atoms with Gasteiger partial charge in [-0.05, 0) is 37.6 Å². The molecule has 0 spiro atoms. The lowest BCUT2D eigenvalue weighted by Gasteiger charge is -2.21. The molecule has 0 aromatic carbocycles. The molecule has 2 atom stereocenters. The van der Waals surface area contributed by atoms with Gasteiger partial charge in [0, 0.05) is 0 Å². The largest absolute Gasteiger partial charge is 0.480 e. The summed E-state index contributed by atoms with van der Waals surface area (Å²) in [7, 11) is 0. The van der Waals surface area contributed by atoms with E-state index in [1.165, 1.54) is 0 Å². The highest BCUT2D eigenvalue weighted by atomic mass is 16.4. The Morgan fingerprint density at radius 3 is 2.27 bits per heavy atom. The van der Waals surface area contributed by atoms with E-state index in [1.807, 2.05) is 0 Å². The predicted octanol–water partition coefficient (Wildman–Crippen LogP) is 1.19. The number of hydrogen-bond donors (Lipinski definition) is 3. The van der Waals surface area contributed by atoms with Gasteiger partial charge in [0.25, 0.3) is 0 Å². The normalized spacial score (nSPS) is 15.3. The van der Waals surface area contributed by atoms with Crippen molar-refractivity contribution in [1.82, 2.24) is 0 Å². The standard InChI is InChI=1S/C11H24N2O2/c1-8(2)5-6-9(4-3-7-12)10(13)11(14)15/h8-10H,3-7,12-13H2,1-2H3,(H,14,15)/t9?,10-/m0/s1. The molecule has 5 N–H and O–H groups in total. The van der Waals surface area contributed by atoms with Crippen LogP contribution in [0.4, 0.5) is 0 Å². The summed E-state index contributed by atoms with van der Waals surface area (Å²) in [5, 5.41) is 8.86. The van der Waals surface area contributed by atoms with Crippen molar-refractivity contribution in [2.45, 2.75) is 45.6 Å². The molecule has 0 fully saturated rings. The number of hydrogen-bond acceptors (Lipinski definition) is 3. The fourth-order valence-electron chi connectivity index (χ4n) is 1.63. The first-order valence-electron chi connectivity index (χ1n) is 5.67. The Morgan fingerprint density at radius 1 is 1.27 bits per heavy atom. The van der Waals surface area contributed by atoms with E-state index in [4.69, 9.17) is 16.6 Å². The number of rotatable bonds is 8. The van der Waals surface area contributed by atoms with E-state index in [-0.39, 0.29) is 5.92 Å². The number of carboxylic acids is 1. The third-order valence-electron chi connectivity index (χ3n) is 2.69. The highest BCUT2D eigenvalue weighted by Crippen LogP contribution is 2.19. The van der Waals surface area contributed by atoms with E-state index in [9.17, 15) is 4.79 Å². The van der Waals surface area contributed by atoms with Crippen molar-refractivity contribution in [2.75, 3.05) is 6.54 Å². The molecule has 0 aliphatic rings. The van der Waals surface area contributed by atoms with Crippen LogP contribution in [0.15, 0.2) is 0 Å². The first-order chi connectivity index (χ1) is 6.99. The van der Waals surface area contributed by atoms with E-state index >= 15 is 0 Å². The van der Waals surface area contributed by atoms with Crippen LogP contribution in [0.3, 0.4) is 0 Å². The molecular formula is C11H24N2O2. The van der Waals surface area contributed by atoms with Gasteiger partial charge >= 0.3 is 5.97 Å². The van der Waals surface area contributed by atoms with Gasteiger partial charge < -0.3 is 16.6 Å². The topological polar surface area (TPSA) is 89.3 Å². The maximum absolute atomic E-state index is 10.8. The van der Waals surface area contributed by atoms with Crippen LogP contribution in [0.2, 0.25) is 0 Å². The van der Waals surface area contributed by atoms with Crippen LogP contribution in [0.25, 0.3) is 0 Å². The summed E-state index contributed by atoms with van der Waals surface area (Å²) in [6, 6.07) is -0.740. The highest BCUT2D eigenvalue weighted by Gasteiger charge is 2.23. The molecule has 0 aromatic heterocycles. The Hall–Kier alpha value is -0.610. The molecule has 0 saturated carbocycles. The number of carboxylic acid groups (broad SMARTS) is 1. The molecule has 90 valence electrons. The highest BCUT2D eigenvalue weighted by molar-refractivity contribution is 5.73. The second-order valence-corrected chi connectivity index (χ2v) is 4.53. The van der Waals surface area contributed by atoms with E-state index < -0.39 is 12.0 Å². The molecule has 0 aromatic rings. The second kappa shape index (κ2) is 7.65. The average molecular weight is 216 g/mol. The van der Waals surface area contributed by atoms with Crippen LogP contribution in [0.1, 0.15) is 39.5 Å². The Kier molecular flexibility index (Phi) is 7.34. The van der Waals surface area contributed by atoms with Crippen molar-refractivity contribution in [3.05, 3.63) is 0 Å². The molecule has 4 heteroatoms. The fourth-order valence-corrected chi connectivity index (χ4v) is 1.63. The molecule has 0 heterocycles. The van der Waals surface area contributed by atoms with Crippen LogP contribution in [0, 0.1) is 11.8 Å². The number of nitrogens with two attached hydrogens (primary N) is 2. The van der Waals surface area contributed by atoms with E-state index in [0.29, 0.717) is 12.5 Å². The molecule has 0 aliphatic carbocycles. The monoisotopic (exact) mass is 216 g/mol. The lowest BCUT2D eigenvalue weighted by atomic mass is 9.88. The fraction of sp³-hybridized carbons (Fsp3) is 0.909. The van der Waals surface area contributed by atoms with Crippen molar-refractivity contribution < 1.29 is 9.90 Å². The zero-order chi connectivity index (χ0) is 11.8. The summed E-state index contributed by atoms with van der Waals surface area (Å²) >= 11 is 0. The molecule has 0 amide bonds. The molecule has 1 unspecified atom stereocenters. The van der Waals surface area contributed by atoms with Crippen LogP contribution in [0.5, 0.6) is 0 Å². The molecular weight excluding hydrogens is 192 g/mol. The van der Waals surface area contributed by atoms with Crippen molar-refractivity contribution in [3.8, 4) is 0 Å². The Labute approximate surface area is 92.0 Å². The van der Waals surface area contributed by atoms with Gasteiger partial charge in [-0.2, -0.15) is 0 Å². The third kappa shape index (κ3) is 6.47. The summed E-state index contributed by atoms with van der Waals surface area (Å²) in [6.07, 6.45) is 3.57. The van der Waals surface area contributed by atoms with Gasteiger partial charge in [-0.15, -0.1) is 0 Å². The van der Waals surface area contributed by atoms with Crippen molar-refractivity contribution >= 4 is 5.97 Å². The van der Waals surface area contributed by atoms with Crippen LogP contribution >= 0.6 is 0 Å². The van der Waals surface area contributed by atoms with E-state index in [1.54, 1.807) is 0 Å². The summed E-state index contributed by atoms with van der Waals surface area (Å²) in [5.74, 6) is -0.249. The van der Waals surface area contributed by atoms with E-state index in [2.05, 4.69) is 13.8 Å². The first kappa shape index (κ1) is 14.4. The zero-order valence-electron chi connectivity index (χ0n) is 9.78. The Morgan fingerprint density at radius 2 is 1.87 bits per heavy atom. The summed E-state index contributed by atoms with van der Waals surface area (Å²) in [5.41, 5.74) is 11.1. The summed E-state index contributed by atoms with van der Waals surface area (Å²) in [4.78, 5) is 10.8. The molecule has 0 radical (unpaired) electrons. The minimum Gasteiger partial charge on any atom is -0.480 e. The van der Waals surface area contributed by atoms with Gasteiger partial charge in [0.1, 0.15) is 6.04 Å². The van der Waals surface area contributed by atoms with Gasteiger partial charge in [0.2, 0.25) is 0 Å². The van der Waals surface area contributed by atoms with Gasteiger partial charge in [0.05, 0.1) is 0 Å². The molecule has 0 saturated heterocycles. The van der Waals surface area contributed by atoms with Gasteiger partial charge in [-0.3, -0.25) is 4.79 Å². The van der Waals surface area contributed by atoms with E-state index in [0.717, 1.165) is 25.7 Å². The first-order valence-corrected chi connectivity index (χ1v) is 5.67. The van der Waals surface area contributed by atoms with Crippen molar-refractivity contribution in [2.24, 2.45) is 23.3 Å². The third-order valence-corrected chi connectivity index (χ3v) is 2.69. The van der Waals surface area contributed by atoms with Gasteiger partial charge in [-0.25, -0.2) is 0 Å². The summed E-state index contributed by atoms with van der Waals surface area (Å²) < 4.78 is 0. The second-order valence-electron chi connectivity index (χ2n) is 4.53. The zero-order valence-corrected chi connectivity index (χ0v) is 9.78. The Bertz CT molecular complexity index is 183. The molecule has 0 aliphatic heterocycles. The lowest BCUT2D eigenvalue weighted by Crippen LogP contribution is -2.38. The number of carbonyl (C=O) groups is 1. The summed E-state index contributed by atoms with van der Waals surface area (Å²) in [6.45, 7) is 4.86. The Balaban J connectivity index is 4.10. The number of aliphatic carboxylic acids is 1. The molecule has 4 nitrogen and oxygen atoms in total. The van der Waals surface area contributed by atoms with Crippen LogP contribution < -0.4 is 11.5 Å². The molecule has 0 bridgehead atoms. The maximum atomic E-state index is 10.8. The smallest absolute Gasteiger partial charge is 0.320 e. The SMILES string of the molecule is CC(C)CCC(CCCN)[C@H](N)C(=O)O. The molecule has 15 heavy (non-hydrogen) atoms. The average Bonchev–Trinajstić information content (AvgIpc) is 2.16. The predicted molar refractivity (Wildman–Crippen MR) is 61.5 cm³/mol. The van der Waals surface area contributed by atoms with Crippen molar-refractivity contribution in [3.63, 3.8) is 0 Å². The molecule has 0 rings (SSSR count). The van der Waals surface area contributed by atoms with Crippen LogP contribution in [-0.4, -0.2) is 23.7 Å². The quantitative estimate of drug-likeness (QED) is 0.568. The minimum absolute atomic E-state index is 0.0634. The lowest BCUT2D eigenvalue weighted by molar-refractivity contribution is -0.140. The van der Waals surface area contributed by atoms with Gasteiger partial charge in [-0.1, -0.05) is 20.3 Å². The minimum atomic E-state index is -0.902. The van der Waals surface area contributed by atoms with Crippen LogP contribution in [-0.2, 0) is 4.79 Å². The maximum Gasteiger partial charge on any atom is 0.320 e. The van der Waals surface area contributed by atoms with Gasteiger partial charge in [0.15, 0.2) is 0 Å². The van der Waals surface area contributed by atoms with Crippen molar-refractivity contribution in [1.29, 1.82) is 0 Å².